The van der Waals surface area contributed by atoms with E-state index in [0.717, 1.165) is 5.69 Å². The maximum Gasteiger partial charge on any atom is 0.269 e. The fourth-order valence-electron chi connectivity index (χ4n) is 1.83. The van der Waals surface area contributed by atoms with Crippen LogP contribution in [0.25, 0.3) is 0 Å². The van der Waals surface area contributed by atoms with Crippen molar-refractivity contribution in [2.24, 2.45) is 7.05 Å². The lowest BCUT2D eigenvalue weighted by atomic mass is 10.3. The van der Waals surface area contributed by atoms with Gasteiger partial charge in [-0.05, 0) is 19.9 Å². The highest BCUT2D eigenvalue weighted by Gasteiger charge is 2.12. The van der Waals surface area contributed by atoms with E-state index in [9.17, 15) is 9.59 Å². The summed E-state index contributed by atoms with van der Waals surface area (Å²) in [6, 6.07) is 3.31. The first-order valence-corrected chi connectivity index (χ1v) is 6.47. The van der Waals surface area contributed by atoms with Crippen LogP contribution in [0.1, 0.15) is 28.4 Å². The fourth-order valence-corrected chi connectivity index (χ4v) is 1.83. The summed E-state index contributed by atoms with van der Waals surface area (Å²) in [6.07, 6.45) is 0.147. The average Bonchev–Trinajstić information content (AvgIpc) is 2.95. The van der Waals surface area contributed by atoms with Crippen molar-refractivity contribution in [3.05, 3.63) is 29.3 Å². The number of nitrogens with zero attached hydrogens (tertiary/aromatic N) is 3. The monoisotopic (exact) mass is 291 g/mol. The quantitative estimate of drug-likeness (QED) is 0.847. The Morgan fingerprint density at radius 1 is 1.33 bits per heavy atom. The van der Waals surface area contributed by atoms with Crippen LogP contribution in [0.5, 0.6) is 0 Å². The van der Waals surface area contributed by atoms with Crippen LogP contribution < -0.4 is 10.6 Å². The molecule has 0 aromatic carbocycles. The number of hydrogen-bond donors (Lipinski definition) is 2. The van der Waals surface area contributed by atoms with E-state index in [2.05, 4.69) is 20.9 Å². The van der Waals surface area contributed by atoms with Gasteiger partial charge in [0.15, 0.2) is 5.82 Å². The Morgan fingerprint density at radius 3 is 2.67 bits per heavy atom. The summed E-state index contributed by atoms with van der Waals surface area (Å²) in [5.74, 6) is 0.476. The van der Waals surface area contributed by atoms with E-state index < -0.39 is 0 Å². The topological polar surface area (TPSA) is 102 Å². The molecule has 0 saturated carbocycles. The third-order valence-electron chi connectivity index (χ3n) is 2.77. The third-order valence-corrected chi connectivity index (χ3v) is 2.77. The standard InChI is InChI=1S/C13H17N5O3/c1-8-6-10(18(3)16-8)13(20)14-5-4-12(19)15-11-7-9(2)21-17-11/h6-7H,4-5H2,1-3H3,(H,14,20)(H,15,17,19). The molecule has 112 valence electrons. The molecule has 2 heterocycles. The van der Waals surface area contributed by atoms with Crippen molar-refractivity contribution in [2.75, 3.05) is 11.9 Å². The second-order valence-electron chi connectivity index (χ2n) is 4.67. The predicted molar refractivity (Wildman–Crippen MR) is 74.8 cm³/mol. The molecule has 2 aromatic heterocycles. The van der Waals surface area contributed by atoms with Crippen LogP contribution in [-0.4, -0.2) is 33.3 Å². The lowest BCUT2D eigenvalue weighted by molar-refractivity contribution is -0.116. The van der Waals surface area contributed by atoms with Crippen LogP contribution in [0.15, 0.2) is 16.7 Å². The number of nitrogens with one attached hydrogen (secondary N) is 2. The molecule has 21 heavy (non-hydrogen) atoms. The number of hydrogen-bond acceptors (Lipinski definition) is 5. The Balaban J connectivity index is 1.77. The number of carbonyl (C=O) groups is 2. The zero-order valence-electron chi connectivity index (χ0n) is 12.1. The summed E-state index contributed by atoms with van der Waals surface area (Å²) in [5, 5.41) is 13.0. The molecule has 2 N–H and O–H groups in total. The molecule has 8 nitrogen and oxygen atoms in total. The van der Waals surface area contributed by atoms with Gasteiger partial charge < -0.3 is 15.2 Å². The van der Waals surface area contributed by atoms with Gasteiger partial charge in [0.05, 0.1) is 5.69 Å². The van der Waals surface area contributed by atoms with Crippen molar-refractivity contribution in [3.8, 4) is 0 Å². The number of amides is 2. The van der Waals surface area contributed by atoms with Crippen LogP contribution in [0.3, 0.4) is 0 Å². The van der Waals surface area contributed by atoms with Crippen LogP contribution >= 0.6 is 0 Å². The lowest BCUT2D eigenvalue weighted by Gasteiger charge is -2.05. The van der Waals surface area contributed by atoms with Gasteiger partial charge in [-0.3, -0.25) is 14.3 Å². The van der Waals surface area contributed by atoms with Crippen molar-refractivity contribution in [3.63, 3.8) is 0 Å². The van der Waals surface area contributed by atoms with Gasteiger partial charge in [0, 0.05) is 26.1 Å². The first kappa shape index (κ1) is 14.8. The predicted octanol–water partition coefficient (Wildman–Crippen LogP) is 0.784. The minimum absolute atomic E-state index is 0.147. The minimum atomic E-state index is -0.261. The van der Waals surface area contributed by atoms with Gasteiger partial charge >= 0.3 is 0 Å². The minimum Gasteiger partial charge on any atom is -0.360 e. The lowest BCUT2D eigenvalue weighted by Crippen LogP contribution is -2.29. The molecule has 0 bridgehead atoms. The molecule has 0 fully saturated rings. The zero-order valence-corrected chi connectivity index (χ0v) is 12.1. The van der Waals surface area contributed by atoms with Crippen LogP contribution in [0.2, 0.25) is 0 Å². The number of aryl methyl sites for hydroxylation is 3. The Kier molecular flexibility index (Phi) is 4.36. The van der Waals surface area contributed by atoms with Gasteiger partial charge in [-0.2, -0.15) is 5.10 Å². The molecule has 0 spiro atoms. The SMILES string of the molecule is Cc1cc(C(=O)NCCC(=O)Nc2cc(C)on2)n(C)n1. The highest BCUT2D eigenvalue weighted by atomic mass is 16.5. The van der Waals surface area contributed by atoms with Crippen molar-refractivity contribution in [2.45, 2.75) is 20.3 Å². The summed E-state index contributed by atoms with van der Waals surface area (Å²) in [7, 11) is 1.70. The molecular formula is C13H17N5O3. The van der Waals surface area contributed by atoms with Crippen molar-refractivity contribution in [1.29, 1.82) is 0 Å². The van der Waals surface area contributed by atoms with E-state index in [1.165, 1.54) is 4.68 Å². The third kappa shape index (κ3) is 3.91. The maximum atomic E-state index is 11.9. The summed E-state index contributed by atoms with van der Waals surface area (Å²) in [6.45, 7) is 3.77. The van der Waals surface area contributed by atoms with Gasteiger partial charge in [-0.25, -0.2) is 0 Å². The van der Waals surface area contributed by atoms with Gasteiger partial charge in [0.1, 0.15) is 11.5 Å². The fraction of sp³-hybridized carbons (Fsp3) is 0.385. The molecule has 0 saturated heterocycles. The van der Waals surface area contributed by atoms with Crippen LogP contribution in [0, 0.1) is 13.8 Å². The summed E-state index contributed by atoms with van der Waals surface area (Å²) in [5.41, 5.74) is 1.22. The molecular weight excluding hydrogens is 274 g/mol. The smallest absolute Gasteiger partial charge is 0.269 e. The number of rotatable bonds is 5. The van der Waals surface area contributed by atoms with Crippen LogP contribution in [0.4, 0.5) is 5.82 Å². The zero-order chi connectivity index (χ0) is 15.4. The second kappa shape index (κ2) is 6.21. The second-order valence-corrected chi connectivity index (χ2v) is 4.67. The number of aromatic nitrogens is 3. The molecule has 0 atom stereocenters. The van der Waals surface area contributed by atoms with Gasteiger partial charge in [-0.15, -0.1) is 0 Å². The van der Waals surface area contributed by atoms with Crippen molar-refractivity contribution < 1.29 is 14.1 Å². The van der Waals surface area contributed by atoms with E-state index in [0.29, 0.717) is 17.3 Å². The molecule has 0 radical (unpaired) electrons. The highest BCUT2D eigenvalue weighted by molar-refractivity contribution is 5.93. The highest BCUT2D eigenvalue weighted by Crippen LogP contribution is 2.07. The van der Waals surface area contributed by atoms with E-state index in [1.54, 1.807) is 26.1 Å². The Bertz CT molecular complexity index is 659. The van der Waals surface area contributed by atoms with E-state index in [-0.39, 0.29) is 24.8 Å². The first-order valence-electron chi connectivity index (χ1n) is 6.47. The molecule has 0 aliphatic carbocycles. The first-order chi connectivity index (χ1) is 9.95. The van der Waals surface area contributed by atoms with Crippen molar-refractivity contribution >= 4 is 17.6 Å². The van der Waals surface area contributed by atoms with E-state index >= 15 is 0 Å². The van der Waals surface area contributed by atoms with E-state index in [1.807, 2.05) is 6.92 Å². The molecule has 2 rings (SSSR count). The summed E-state index contributed by atoms with van der Waals surface area (Å²) < 4.78 is 6.34. The Hall–Kier alpha value is -2.64. The van der Waals surface area contributed by atoms with Gasteiger partial charge in [0.25, 0.3) is 5.91 Å². The van der Waals surface area contributed by atoms with Gasteiger partial charge in [-0.1, -0.05) is 5.16 Å². The van der Waals surface area contributed by atoms with Crippen molar-refractivity contribution in [1.82, 2.24) is 20.3 Å². The maximum absolute atomic E-state index is 11.9. The molecule has 2 amide bonds. The number of carbonyl (C=O) groups excluding carboxylic acids is 2. The Labute approximate surface area is 121 Å². The molecule has 0 aliphatic heterocycles. The van der Waals surface area contributed by atoms with Crippen LogP contribution in [-0.2, 0) is 11.8 Å². The van der Waals surface area contributed by atoms with E-state index in [4.69, 9.17) is 4.52 Å². The average molecular weight is 291 g/mol. The normalized spacial score (nSPS) is 10.4. The molecule has 0 unspecified atom stereocenters. The Morgan fingerprint density at radius 2 is 2.10 bits per heavy atom. The van der Waals surface area contributed by atoms with Gasteiger partial charge in [0.2, 0.25) is 5.91 Å². The molecule has 2 aromatic rings. The molecule has 0 aliphatic rings. The largest absolute Gasteiger partial charge is 0.360 e. The summed E-state index contributed by atoms with van der Waals surface area (Å²) >= 11 is 0. The summed E-state index contributed by atoms with van der Waals surface area (Å²) in [4.78, 5) is 23.5. The number of anilines is 1. The molecule has 8 heteroatoms.